The Morgan fingerprint density at radius 2 is 1.76 bits per heavy atom. The van der Waals surface area contributed by atoms with Gasteiger partial charge in [-0.25, -0.2) is 4.79 Å². The van der Waals surface area contributed by atoms with Gasteiger partial charge in [-0.3, -0.25) is 4.21 Å². The zero-order chi connectivity index (χ0) is 16.0. The van der Waals surface area contributed by atoms with Gasteiger partial charge in [0, 0.05) is 40.9 Å². The predicted molar refractivity (Wildman–Crippen MR) is 86.9 cm³/mol. The summed E-state index contributed by atoms with van der Waals surface area (Å²) in [6.45, 7) is 7.68. The molecule has 0 saturated heterocycles. The monoisotopic (exact) mass is 318 g/mol. The number of hydrogen-bond donors (Lipinski definition) is 2. The van der Waals surface area contributed by atoms with E-state index in [1.54, 1.807) is 6.26 Å². The normalized spacial score (nSPS) is 26.0. The van der Waals surface area contributed by atoms with Crippen LogP contribution < -0.4 is 10.6 Å². The molecule has 21 heavy (non-hydrogen) atoms. The fourth-order valence-electron chi connectivity index (χ4n) is 2.68. The smallest absolute Gasteiger partial charge is 0.407 e. The Morgan fingerprint density at radius 3 is 2.24 bits per heavy atom. The molecular formula is C15H30N2O3S. The van der Waals surface area contributed by atoms with E-state index in [9.17, 15) is 9.00 Å². The van der Waals surface area contributed by atoms with Gasteiger partial charge in [-0.15, -0.1) is 0 Å². The third kappa shape index (κ3) is 8.41. The Balaban J connectivity index is 2.26. The molecule has 0 aromatic carbocycles. The van der Waals surface area contributed by atoms with Crippen molar-refractivity contribution in [3.63, 3.8) is 0 Å². The molecule has 6 heteroatoms. The highest BCUT2D eigenvalue weighted by Gasteiger charge is 2.25. The lowest BCUT2D eigenvalue weighted by atomic mass is 9.91. The number of rotatable bonds is 5. The van der Waals surface area contributed by atoms with Crippen LogP contribution in [-0.2, 0) is 15.5 Å². The van der Waals surface area contributed by atoms with Crippen LogP contribution in [0.2, 0.25) is 0 Å². The third-order valence-electron chi connectivity index (χ3n) is 3.45. The van der Waals surface area contributed by atoms with Crippen LogP contribution in [0.25, 0.3) is 0 Å². The quantitative estimate of drug-likeness (QED) is 0.815. The first-order valence-electron chi connectivity index (χ1n) is 7.71. The van der Waals surface area contributed by atoms with Crippen molar-refractivity contribution in [3.8, 4) is 0 Å². The topological polar surface area (TPSA) is 67.4 Å². The van der Waals surface area contributed by atoms with Crippen LogP contribution in [0, 0.1) is 0 Å². The van der Waals surface area contributed by atoms with Gasteiger partial charge in [-0.1, -0.05) is 0 Å². The van der Waals surface area contributed by atoms with E-state index in [0.29, 0.717) is 11.8 Å². The van der Waals surface area contributed by atoms with Gasteiger partial charge in [0.05, 0.1) is 0 Å². The summed E-state index contributed by atoms with van der Waals surface area (Å²) in [4.78, 5) is 11.7. The van der Waals surface area contributed by atoms with Gasteiger partial charge in [0.15, 0.2) is 0 Å². The van der Waals surface area contributed by atoms with E-state index in [0.717, 1.165) is 25.7 Å². The number of carbonyl (C=O) groups is 1. The molecule has 1 aliphatic carbocycles. The molecule has 1 aliphatic rings. The molecule has 2 N–H and O–H groups in total. The van der Waals surface area contributed by atoms with Gasteiger partial charge in [0.25, 0.3) is 0 Å². The first-order valence-corrected chi connectivity index (χ1v) is 9.44. The van der Waals surface area contributed by atoms with Crippen LogP contribution in [0.1, 0.15) is 53.4 Å². The van der Waals surface area contributed by atoms with Crippen LogP contribution in [0.15, 0.2) is 0 Å². The fraction of sp³-hybridized carbons (Fsp3) is 0.933. The van der Waals surface area contributed by atoms with E-state index in [2.05, 4.69) is 17.6 Å². The van der Waals surface area contributed by atoms with E-state index in [1.807, 2.05) is 20.8 Å². The molecule has 0 bridgehead atoms. The summed E-state index contributed by atoms with van der Waals surface area (Å²) in [6.07, 6.45) is 5.38. The van der Waals surface area contributed by atoms with Gasteiger partial charge in [-0.2, -0.15) is 0 Å². The Labute approximate surface area is 131 Å². The minimum atomic E-state index is -0.761. The molecule has 0 spiro atoms. The summed E-state index contributed by atoms with van der Waals surface area (Å²) >= 11 is 0. The van der Waals surface area contributed by atoms with E-state index >= 15 is 0 Å². The molecule has 0 radical (unpaired) electrons. The fourth-order valence-corrected chi connectivity index (χ4v) is 3.48. The van der Waals surface area contributed by atoms with Crippen molar-refractivity contribution in [2.24, 2.45) is 0 Å². The average Bonchev–Trinajstić information content (AvgIpc) is 2.27. The second kappa shape index (κ2) is 8.13. The van der Waals surface area contributed by atoms with Crippen molar-refractivity contribution < 1.29 is 13.7 Å². The number of carbonyl (C=O) groups excluding carboxylic acids is 1. The van der Waals surface area contributed by atoms with Crippen LogP contribution in [0.5, 0.6) is 0 Å². The van der Waals surface area contributed by atoms with Gasteiger partial charge in [0.2, 0.25) is 0 Å². The van der Waals surface area contributed by atoms with Gasteiger partial charge in [0.1, 0.15) is 5.60 Å². The summed E-state index contributed by atoms with van der Waals surface area (Å²) in [6, 6.07) is 0.935. The summed E-state index contributed by atoms with van der Waals surface area (Å²) in [5.41, 5.74) is -0.450. The summed E-state index contributed by atoms with van der Waals surface area (Å²) < 4.78 is 16.5. The molecule has 1 fully saturated rings. The molecule has 2 atom stereocenters. The molecule has 0 heterocycles. The van der Waals surface area contributed by atoms with Crippen molar-refractivity contribution in [3.05, 3.63) is 0 Å². The first-order chi connectivity index (χ1) is 9.65. The minimum absolute atomic E-state index is 0.202. The molecule has 1 saturated carbocycles. The molecule has 1 rings (SSSR count). The minimum Gasteiger partial charge on any atom is -0.444 e. The Hall–Kier alpha value is -0.620. The summed E-state index contributed by atoms with van der Waals surface area (Å²) in [5.74, 6) is 0.691. The maximum absolute atomic E-state index is 11.7. The van der Waals surface area contributed by atoms with Crippen LogP contribution >= 0.6 is 0 Å². The summed E-state index contributed by atoms with van der Waals surface area (Å²) in [5, 5.41) is 6.47. The van der Waals surface area contributed by atoms with E-state index in [4.69, 9.17) is 4.74 Å². The zero-order valence-corrected chi connectivity index (χ0v) is 14.7. The van der Waals surface area contributed by atoms with Crippen molar-refractivity contribution in [2.45, 2.75) is 77.1 Å². The number of hydrogen-bond acceptors (Lipinski definition) is 4. The molecule has 0 aromatic rings. The van der Waals surface area contributed by atoms with Crippen LogP contribution in [0.4, 0.5) is 4.79 Å². The Bertz CT molecular complexity index is 360. The van der Waals surface area contributed by atoms with E-state index < -0.39 is 16.4 Å². The third-order valence-corrected chi connectivity index (χ3v) is 4.42. The Morgan fingerprint density at radius 1 is 1.24 bits per heavy atom. The van der Waals surface area contributed by atoms with Gasteiger partial charge >= 0.3 is 6.09 Å². The second-order valence-corrected chi connectivity index (χ2v) is 8.48. The van der Waals surface area contributed by atoms with Gasteiger partial charge in [-0.05, 0) is 53.4 Å². The van der Waals surface area contributed by atoms with E-state index in [-0.39, 0.29) is 18.2 Å². The molecule has 124 valence electrons. The first kappa shape index (κ1) is 18.4. The molecule has 1 amide bonds. The van der Waals surface area contributed by atoms with Gasteiger partial charge < -0.3 is 15.4 Å². The standard InChI is InChI=1S/C15H30N2O3S/c1-11(10-21(5)19)16-12-6-8-13(9-7-12)17-14(18)20-15(2,3)4/h11-13,16H,6-10H2,1-5H3,(H,17,18). The highest BCUT2D eigenvalue weighted by atomic mass is 32.2. The number of ether oxygens (including phenoxy) is 1. The number of amides is 1. The van der Waals surface area contributed by atoms with Crippen molar-refractivity contribution >= 4 is 16.9 Å². The lowest BCUT2D eigenvalue weighted by Crippen LogP contribution is -2.46. The lowest BCUT2D eigenvalue weighted by molar-refractivity contribution is 0.0489. The van der Waals surface area contributed by atoms with Crippen molar-refractivity contribution in [1.29, 1.82) is 0 Å². The second-order valence-electron chi connectivity index (χ2n) is 7.00. The highest BCUT2D eigenvalue weighted by Crippen LogP contribution is 2.19. The van der Waals surface area contributed by atoms with Crippen molar-refractivity contribution in [2.75, 3.05) is 12.0 Å². The molecular weight excluding hydrogens is 288 g/mol. The molecule has 2 unspecified atom stereocenters. The average molecular weight is 318 g/mol. The number of alkyl carbamates (subject to hydrolysis) is 1. The molecule has 0 aromatic heterocycles. The van der Waals surface area contributed by atoms with Crippen LogP contribution in [0.3, 0.4) is 0 Å². The van der Waals surface area contributed by atoms with Crippen molar-refractivity contribution in [1.82, 2.24) is 10.6 Å². The largest absolute Gasteiger partial charge is 0.444 e. The summed E-state index contributed by atoms with van der Waals surface area (Å²) in [7, 11) is -0.761. The highest BCUT2D eigenvalue weighted by molar-refractivity contribution is 7.84. The molecule has 0 aliphatic heterocycles. The maximum Gasteiger partial charge on any atom is 0.407 e. The molecule has 5 nitrogen and oxygen atoms in total. The number of nitrogens with one attached hydrogen (secondary N) is 2. The van der Waals surface area contributed by atoms with Crippen LogP contribution in [-0.4, -0.2) is 46.0 Å². The van der Waals surface area contributed by atoms with E-state index in [1.165, 1.54) is 0 Å². The maximum atomic E-state index is 11.7. The zero-order valence-electron chi connectivity index (χ0n) is 13.9. The SMILES string of the molecule is CC(CS(C)=O)NC1CCC(NC(=O)OC(C)(C)C)CC1. The lowest BCUT2D eigenvalue weighted by Gasteiger charge is -2.32. The predicted octanol–water partition coefficient (Wildman–Crippen LogP) is 2.18. The Kier molecular flexibility index (Phi) is 7.13.